The summed E-state index contributed by atoms with van der Waals surface area (Å²) in [4.78, 5) is 2.64. The van der Waals surface area contributed by atoms with Crippen molar-refractivity contribution in [1.82, 2.24) is 4.90 Å². The van der Waals surface area contributed by atoms with Crippen molar-refractivity contribution in [1.29, 1.82) is 0 Å². The minimum Gasteiger partial charge on any atom is -0.383 e. The summed E-state index contributed by atoms with van der Waals surface area (Å²) in [7, 11) is 1.78. The van der Waals surface area contributed by atoms with E-state index in [-0.39, 0.29) is 5.54 Å². The lowest BCUT2D eigenvalue weighted by molar-refractivity contribution is -0.00871. The van der Waals surface area contributed by atoms with Gasteiger partial charge in [0.25, 0.3) is 0 Å². The van der Waals surface area contributed by atoms with E-state index >= 15 is 0 Å². The van der Waals surface area contributed by atoms with E-state index in [0.29, 0.717) is 10.0 Å². The summed E-state index contributed by atoms with van der Waals surface area (Å²) in [6.07, 6.45) is 7.42. The van der Waals surface area contributed by atoms with Gasteiger partial charge in [-0.25, -0.2) is 0 Å². The average molecular weight is 372 g/mol. The Morgan fingerprint density at radius 2 is 1.83 bits per heavy atom. The highest BCUT2D eigenvalue weighted by molar-refractivity contribution is 6.42. The molecule has 0 spiro atoms. The maximum absolute atomic E-state index is 6.31. The van der Waals surface area contributed by atoms with E-state index in [4.69, 9.17) is 27.9 Å². The quantitative estimate of drug-likeness (QED) is 0.489. The van der Waals surface area contributed by atoms with Crippen LogP contribution in [0.4, 0.5) is 0 Å². The monoisotopic (exact) mass is 371 g/mol. The van der Waals surface area contributed by atoms with Crippen LogP contribution in [0.15, 0.2) is 18.2 Å². The zero-order chi connectivity index (χ0) is 17.6. The standard InChI is InChI=1S/C20H31Cl2NO/c1-4-16(5-2)9-12-23(13-14-24-3)20(10-6-11-20)17-7-8-18(21)19(22)15-17/h7-8,15-16H,4-6,9-14H2,1-3H3. The Bertz CT molecular complexity index is 512. The fraction of sp³-hybridized carbons (Fsp3) is 0.700. The van der Waals surface area contributed by atoms with Crippen molar-refractivity contribution in [3.63, 3.8) is 0 Å². The summed E-state index contributed by atoms with van der Waals surface area (Å²) >= 11 is 12.4. The largest absolute Gasteiger partial charge is 0.383 e. The molecule has 0 heterocycles. The lowest BCUT2D eigenvalue weighted by Crippen LogP contribution is -2.52. The topological polar surface area (TPSA) is 12.5 Å². The average Bonchev–Trinajstić information content (AvgIpc) is 2.54. The number of rotatable bonds is 10. The zero-order valence-corrected chi connectivity index (χ0v) is 16.8. The molecular formula is C20H31Cl2NO. The maximum Gasteiger partial charge on any atom is 0.0595 e. The first-order valence-corrected chi connectivity index (χ1v) is 10.0. The van der Waals surface area contributed by atoms with Gasteiger partial charge in [0, 0.05) is 19.2 Å². The molecule has 136 valence electrons. The Hall–Kier alpha value is -0.280. The first-order valence-electron chi connectivity index (χ1n) is 9.27. The van der Waals surface area contributed by atoms with Crippen molar-refractivity contribution in [2.75, 3.05) is 26.8 Å². The fourth-order valence-corrected chi connectivity index (χ4v) is 4.16. The Balaban J connectivity index is 2.21. The van der Waals surface area contributed by atoms with E-state index in [1.54, 1.807) is 7.11 Å². The Morgan fingerprint density at radius 3 is 2.33 bits per heavy atom. The SMILES string of the molecule is CCC(CC)CCN(CCOC)C1(c2ccc(Cl)c(Cl)c2)CCC1. The van der Waals surface area contributed by atoms with Gasteiger partial charge in [0.05, 0.1) is 16.7 Å². The summed E-state index contributed by atoms with van der Waals surface area (Å²) in [5, 5.41) is 1.29. The second kappa shape index (κ2) is 9.43. The van der Waals surface area contributed by atoms with Gasteiger partial charge in [-0.05, 0) is 55.8 Å². The lowest BCUT2D eigenvalue weighted by atomic mass is 9.70. The first-order chi connectivity index (χ1) is 11.6. The molecule has 2 rings (SSSR count). The number of benzene rings is 1. The van der Waals surface area contributed by atoms with E-state index in [2.05, 4.69) is 30.9 Å². The third kappa shape index (κ3) is 4.46. The molecule has 0 amide bonds. The summed E-state index contributed by atoms with van der Waals surface area (Å²) < 4.78 is 5.39. The molecule has 1 aromatic rings. The van der Waals surface area contributed by atoms with E-state index in [9.17, 15) is 0 Å². The van der Waals surface area contributed by atoms with Gasteiger partial charge in [-0.3, -0.25) is 4.90 Å². The van der Waals surface area contributed by atoms with Gasteiger partial charge in [0.15, 0.2) is 0 Å². The molecule has 4 heteroatoms. The summed E-state index contributed by atoms with van der Waals surface area (Å²) in [6.45, 7) is 7.45. The molecule has 2 nitrogen and oxygen atoms in total. The number of hydrogen-bond donors (Lipinski definition) is 0. The van der Waals surface area contributed by atoms with Crippen LogP contribution in [-0.4, -0.2) is 31.7 Å². The lowest BCUT2D eigenvalue weighted by Gasteiger charge is -2.51. The van der Waals surface area contributed by atoms with Gasteiger partial charge < -0.3 is 4.74 Å². The molecule has 0 unspecified atom stereocenters. The number of ether oxygens (including phenoxy) is 1. The Morgan fingerprint density at radius 1 is 1.12 bits per heavy atom. The second-order valence-corrected chi connectivity index (χ2v) is 7.78. The predicted octanol–water partition coefficient (Wildman–Crippen LogP) is 6.15. The van der Waals surface area contributed by atoms with Crippen LogP contribution in [0, 0.1) is 5.92 Å². The molecule has 0 aliphatic heterocycles. The van der Waals surface area contributed by atoms with Crippen molar-refractivity contribution < 1.29 is 4.74 Å². The Labute approximate surface area is 157 Å². The van der Waals surface area contributed by atoms with Crippen molar-refractivity contribution in [3.05, 3.63) is 33.8 Å². The van der Waals surface area contributed by atoms with Crippen LogP contribution in [0.1, 0.15) is 57.9 Å². The normalized spacial score (nSPS) is 16.6. The number of nitrogens with zero attached hydrogens (tertiary/aromatic N) is 1. The molecule has 1 fully saturated rings. The van der Waals surface area contributed by atoms with Crippen LogP contribution in [0.5, 0.6) is 0 Å². The molecule has 0 saturated heterocycles. The first kappa shape index (κ1) is 20.0. The molecule has 1 aromatic carbocycles. The third-order valence-electron chi connectivity index (χ3n) is 5.77. The molecule has 0 aromatic heterocycles. The molecule has 0 bridgehead atoms. The molecule has 0 atom stereocenters. The zero-order valence-electron chi connectivity index (χ0n) is 15.3. The number of hydrogen-bond acceptors (Lipinski definition) is 2. The van der Waals surface area contributed by atoms with Crippen LogP contribution < -0.4 is 0 Å². The fourth-order valence-electron chi connectivity index (χ4n) is 3.86. The van der Waals surface area contributed by atoms with Crippen LogP contribution in [0.3, 0.4) is 0 Å². The summed E-state index contributed by atoms with van der Waals surface area (Å²) in [5.41, 5.74) is 1.42. The smallest absolute Gasteiger partial charge is 0.0595 e. The molecule has 0 radical (unpaired) electrons. The highest BCUT2D eigenvalue weighted by Crippen LogP contribution is 2.47. The van der Waals surface area contributed by atoms with Gasteiger partial charge in [0.2, 0.25) is 0 Å². The van der Waals surface area contributed by atoms with Crippen LogP contribution in [0.2, 0.25) is 10.0 Å². The summed E-state index contributed by atoms with van der Waals surface area (Å²) in [5.74, 6) is 0.806. The molecule has 1 saturated carbocycles. The van der Waals surface area contributed by atoms with Crippen LogP contribution in [0.25, 0.3) is 0 Å². The number of methoxy groups -OCH3 is 1. The van der Waals surface area contributed by atoms with E-state index in [0.717, 1.165) is 25.6 Å². The minimum atomic E-state index is 0.110. The molecule has 0 N–H and O–H groups in total. The van der Waals surface area contributed by atoms with Crippen molar-refractivity contribution >= 4 is 23.2 Å². The van der Waals surface area contributed by atoms with E-state index in [1.807, 2.05) is 6.07 Å². The minimum absolute atomic E-state index is 0.110. The van der Waals surface area contributed by atoms with Crippen molar-refractivity contribution in [2.45, 2.75) is 57.9 Å². The van der Waals surface area contributed by atoms with Crippen molar-refractivity contribution in [3.8, 4) is 0 Å². The third-order valence-corrected chi connectivity index (χ3v) is 6.51. The molecular weight excluding hydrogens is 341 g/mol. The summed E-state index contributed by atoms with van der Waals surface area (Å²) in [6, 6.07) is 6.17. The van der Waals surface area contributed by atoms with Gasteiger partial charge in [-0.15, -0.1) is 0 Å². The highest BCUT2D eigenvalue weighted by atomic mass is 35.5. The van der Waals surface area contributed by atoms with Crippen LogP contribution in [-0.2, 0) is 10.3 Å². The highest BCUT2D eigenvalue weighted by Gasteiger charge is 2.43. The van der Waals surface area contributed by atoms with Gasteiger partial charge in [-0.2, -0.15) is 0 Å². The molecule has 24 heavy (non-hydrogen) atoms. The van der Waals surface area contributed by atoms with Gasteiger partial charge in [0.1, 0.15) is 0 Å². The number of halogens is 2. The molecule has 1 aliphatic carbocycles. The van der Waals surface area contributed by atoms with Gasteiger partial charge in [-0.1, -0.05) is 56.0 Å². The van der Waals surface area contributed by atoms with Crippen LogP contribution >= 0.6 is 23.2 Å². The predicted molar refractivity (Wildman–Crippen MR) is 104 cm³/mol. The second-order valence-electron chi connectivity index (χ2n) is 6.97. The van der Waals surface area contributed by atoms with E-state index < -0.39 is 0 Å². The molecule has 1 aliphatic rings. The van der Waals surface area contributed by atoms with Gasteiger partial charge >= 0.3 is 0 Å². The Kier molecular flexibility index (Phi) is 7.87. The van der Waals surface area contributed by atoms with E-state index in [1.165, 1.54) is 44.1 Å². The maximum atomic E-state index is 6.31. The van der Waals surface area contributed by atoms with Crippen molar-refractivity contribution in [2.24, 2.45) is 5.92 Å².